The van der Waals surface area contributed by atoms with E-state index in [4.69, 9.17) is 14.2 Å². The third-order valence-corrected chi connectivity index (χ3v) is 4.49. The average molecular weight is 392 g/mol. The van der Waals surface area contributed by atoms with Crippen LogP contribution in [-0.2, 0) is 19.1 Å². The van der Waals surface area contributed by atoms with Crippen molar-refractivity contribution in [2.45, 2.75) is 38.6 Å². The lowest BCUT2D eigenvalue weighted by atomic mass is 10.0. The van der Waals surface area contributed by atoms with Crippen LogP contribution in [0, 0.1) is 0 Å². The fourth-order valence-electron chi connectivity index (χ4n) is 2.99. The number of para-hydroxylation sites is 2. The van der Waals surface area contributed by atoms with Gasteiger partial charge in [-0.3, -0.25) is 14.4 Å². The third kappa shape index (κ3) is 6.75. The molecule has 0 radical (unpaired) electrons. The molecule has 0 atom stereocenters. The molecule has 1 aliphatic heterocycles. The fraction of sp³-hybridized carbons (Fsp3) is 0.550. The first-order valence-electron chi connectivity index (χ1n) is 9.52. The Morgan fingerprint density at radius 3 is 2.43 bits per heavy atom. The highest BCUT2D eigenvalue weighted by atomic mass is 16.5. The molecule has 0 spiro atoms. The summed E-state index contributed by atoms with van der Waals surface area (Å²) in [6.45, 7) is 3.09. The van der Waals surface area contributed by atoms with Crippen molar-refractivity contribution in [1.29, 1.82) is 0 Å². The number of methoxy groups -OCH3 is 1. The largest absolute Gasteiger partial charge is 0.493 e. The van der Waals surface area contributed by atoms with Gasteiger partial charge in [-0.1, -0.05) is 12.1 Å². The molecule has 1 aromatic carbocycles. The van der Waals surface area contributed by atoms with Gasteiger partial charge < -0.3 is 24.4 Å². The lowest BCUT2D eigenvalue weighted by Gasteiger charge is -2.32. The van der Waals surface area contributed by atoms with Gasteiger partial charge in [0.1, 0.15) is 0 Å². The molecule has 0 saturated carbocycles. The van der Waals surface area contributed by atoms with Gasteiger partial charge in [-0.2, -0.15) is 0 Å². The molecule has 2 rings (SSSR count). The van der Waals surface area contributed by atoms with Crippen LogP contribution in [0.25, 0.3) is 0 Å². The number of rotatable bonds is 9. The summed E-state index contributed by atoms with van der Waals surface area (Å²) in [6, 6.07) is 7.19. The minimum Gasteiger partial charge on any atom is -0.493 e. The number of hydrogen-bond acceptors (Lipinski definition) is 6. The van der Waals surface area contributed by atoms with Gasteiger partial charge in [-0.15, -0.1) is 0 Å². The number of nitrogens with one attached hydrogen (secondary N) is 1. The molecule has 0 bridgehead atoms. The lowest BCUT2D eigenvalue weighted by molar-refractivity contribution is -0.144. The van der Waals surface area contributed by atoms with Crippen LogP contribution in [0.5, 0.6) is 11.5 Å². The van der Waals surface area contributed by atoms with Crippen LogP contribution < -0.4 is 14.8 Å². The Bertz CT molecular complexity index is 670. The molecule has 8 nitrogen and oxygen atoms in total. The summed E-state index contributed by atoms with van der Waals surface area (Å²) in [5.74, 6) is 0.477. The highest BCUT2D eigenvalue weighted by Gasteiger charge is 2.24. The molecule has 2 amide bonds. The molecule has 1 fully saturated rings. The van der Waals surface area contributed by atoms with E-state index >= 15 is 0 Å². The van der Waals surface area contributed by atoms with E-state index in [0.717, 1.165) is 0 Å². The van der Waals surface area contributed by atoms with Crippen molar-refractivity contribution < 1.29 is 28.6 Å². The monoisotopic (exact) mass is 392 g/mol. The van der Waals surface area contributed by atoms with Gasteiger partial charge in [-0.25, -0.2) is 0 Å². The molecule has 8 heteroatoms. The number of piperidine rings is 1. The summed E-state index contributed by atoms with van der Waals surface area (Å²) in [5, 5.41) is 2.92. The molecular formula is C20H28N2O6. The van der Waals surface area contributed by atoms with Gasteiger partial charge >= 0.3 is 5.97 Å². The number of esters is 1. The summed E-state index contributed by atoms with van der Waals surface area (Å²) in [5.41, 5.74) is 0. The number of nitrogens with zero attached hydrogens (tertiary/aromatic N) is 1. The lowest BCUT2D eigenvalue weighted by Crippen LogP contribution is -2.47. The van der Waals surface area contributed by atoms with E-state index in [2.05, 4.69) is 5.32 Å². The second-order valence-electron chi connectivity index (χ2n) is 6.47. The van der Waals surface area contributed by atoms with Crippen molar-refractivity contribution in [2.24, 2.45) is 0 Å². The Morgan fingerprint density at radius 1 is 1.11 bits per heavy atom. The Morgan fingerprint density at radius 2 is 1.79 bits per heavy atom. The van der Waals surface area contributed by atoms with Gasteiger partial charge in [0.2, 0.25) is 5.91 Å². The van der Waals surface area contributed by atoms with Gasteiger partial charge in [0.15, 0.2) is 18.1 Å². The molecule has 1 aliphatic rings. The van der Waals surface area contributed by atoms with E-state index in [1.165, 1.54) is 0 Å². The number of carbonyl (C=O) groups excluding carboxylic acids is 3. The van der Waals surface area contributed by atoms with Crippen molar-refractivity contribution in [2.75, 3.05) is 33.4 Å². The smallest absolute Gasteiger partial charge is 0.306 e. The Kier molecular flexibility index (Phi) is 8.58. The standard InChI is InChI=1S/C20H28N2O6/c1-3-27-20(25)9-8-18(23)21-15-10-12-22(13-11-15)19(24)14-28-17-7-5-4-6-16(17)26-2/h4-7,15H,3,8-14H2,1-2H3,(H,21,23). The third-order valence-electron chi connectivity index (χ3n) is 4.49. The molecule has 1 aromatic rings. The average Bonchev–Trinajstić information content (AvgIpc) is 2.71. The highest BCUT2D eigenvalue weighted by Crippen LogP contribution is 2.25. The first-order chi connectivity index (χ1) is 13.5. The Labute approximate surface area is 165 Å². The zero-order valence-corrected chi connectivity index (χ0v) is 16.4. The minimum absolute atomic E-state index is 0.00822. The van der Waals surface area contributed by atoms with E-state index in [9.17, 15) is 14.4 Å². The van der Waals surface area contributed by atoms with Crippen molar-refractivity contribution in [3.63, 3.8) is 0 Å². The van der Waals surface area contributed by atoms with Crippen LogP contribution in [0.3, 0.4) is 0 Å². The van der Waals surface area contributed by atoms with Crippen LogP contribution in [0.2, 0.25) is 0 Å². The highest BCUT2D eigenvalue weighted by molar-refractivity contribution is 5.81. The normalized spacial score (nSPS) is 14.3. The summed E-state index contributed by atoms with van der Waals surface area (Å²) in [7, 11) is 1.55. The zero-order valence-electron chi connectivity index (χ0n) is 16.4. The van der Waals surface area contributed by atoms with Gasteiger partial charge in [-0.05, 0) is 31.9 Å². The maximum absolute atomic E-state index is 12.4. The fourth-order valence-corrected chi connectivity index (χ4v) is 2.99. The van der Waals surface area contributed by atoms with E-state index < -0.39 is 0 Å². The SMILES string of the molecule is CCOC(=O)CCC(=O)NC1CCN(C(=O)COc2ccccc2OC)CC1. The maximum atomic E-state index is 12.4. The van der Waals surface area contributed by atoms with Crippen LogP contribution in [0.15, 0.2) is 24.3 Å². The molecule has 28 heavy (non-hydrogen) atoms. The number of carbonyl (C=O) groups is 3. The van der Waals surface area contributed by atoms with E-state index in [0.29, 0.717) is 44.0 Å². The molecular weight excluding hydrogens is 364 g/mol. The van der Waals surface area contributed by atoms with Gasteiger partial charge in [0.25, 0.3) is 5.91 Å². The molecule has 1 N–H and O–H groups in total. The van der Waals surface area contributed by atoms with E-state index in [1.54, 1.807) is 31.1 Å². The van der Waals surface area contributed by atoms with Crippen LogP contribution in [0.4, 0.5) is 0 Å². The van der Waals surface area contributed by atoms with E-state index in [1.807, 2.05) is 12.1 Å². The second kappa shape index (κ2) is 11.2. The van der Waals surface area contributed by atoms with Crippen LogP contribution >= 0.6 is 0 Å². The van der Waals surface area contributed by atoms with Gasteiger partial charge in [0.05, 0.1) is 20.1 Å². The van der Waals surface area contributed by atoms with Crippen LogP contribution in [-0.4, -0.2) is 62.1 Å². The molecule has 0 aliphatic carbocycles. The number of hydrogen-bond donors (Lipinski definition) is 1. The zero-order chi connectivity index (χ0) is 20.4. The summed E-state index contributed by atoms with van der Waals surface area (Å²) >= 11 is 0. The Hall–Kier alpha value is -2.77. The van der Waals surface area contributed by atoms with Crippen molar-refractivity contribution in [3.05, 3.63) is 24.3 Å². The molecule has 1 saturated heterocycles. The predicted molar refractivity (Wildman–Crippen MR) is 102 cm³/mol. The number of benzene rings is 1. The second-order valence-corrected chi connectivity index (χ2v) is 6.47. The van der Waals surface area contributed by atoms with Crippen molar-refractivity contribution >= 4 is 17.8 Å². The van der Waals surface area contributed by atoms with Gasteiger partial charge in [0, 0.05) is 25.6 Å². The van der Waals surface area contributed by atoms with Crippen molar-refractivity contribution in [1.82, 2.24) is 10.2 Å². The number of ether oxygens (including phenoxy) is 3. The topological polar surface area (TPSA) is 94.2 Å². The molecule has 1 heterocycles. The maximum Gasteiger partial charge on any atom is 0.306 e. The number of likely N-dealkylation sites (tertiary alicyclic amines) is 1. The van der Waals surface area contributed by atoms with Crippen LogP contribution in [0.1, 0.15) is 32.6 Å². The minimum atomic E-state index is -0.367. The first-order valence-corrected chi connectivity index (χ1v) is 9.52. The van der Waals surface area contributed by atoms with E-state index in [-0.39, 0.29) is 43.3 Å². The number of amides is 2. The molecule has 0 aromatic heterocycles. The quantitative estimate of drug-likeness (QED) is 0.641. The summed E-state index contributed by atoms with van der Waals surface area (Å²) < 4.78 is 15.6. The molecule has 154 valence electrons. The summed E-state index contributed by atoms with van der Waals surface area (Å²) in [4.78, 5) is 37.3. The van der Waals surface area contributed by atoms with Crippen molar-refractivity contribution in [3.8, 4) is 11.5 Å². The predicted octanol–water partition coefficient (Wildman–Crippen LogP) is 1.52. The molecule has 0 unspecified atom stereocenters. The summed E-state index contributed by atoms with van der Waals surface area (Å²) in [6.07, 6.45) is 1.54. The Balaban J connectivity index is 1.69. The first kappa shape index (κ1) is 21.5.